The second kappa shape index (κ2) is 5.21. The molecule has 1 atom stereocenters. The highest BCUT2D eigenvalue weighted by Crippen LogP contribution is 2.17. The molecule has 1 aromatic rings. The molecule has 0 bridgehead atoms. The molecule has 0 saturated carbocycles. The molecule has 0 aliphatic heterocycles. The van der Waals surface area contributed by atoms with Crippen LogP contribution < -0.4 is 5.32 Å². The number of hydrogen-bond acceptors (Lipinski definition) is 2. The third-order valence-electron chi connectivity index (χ3n) is 3.23. The molecule has 0 fully saturated rings. The summed E-state index contributed by atoms with van der Waals surface area (Å²) in [7, 11) is 1.85. The molecule has 1 rings (SSSR count). The van der Waals surface area contributed by atoms with E-state index in [0.717, 1.165) is 23.1 Å². The van der Waals surface area contributed by atoms with Gasteiger partial charge >= 0.3 is 0 Å². The van der Waals surface area contributed by atoms with Crippen LogP contribution in [0.1, 0.15) is 42.0 Å². The molecule has 0 aliphatic rings. The van der Waals surface area contributed by atoms with Crippen LogP contribution in [-0.4, -0.2) is 26.6 Å². The molecule has 4 nitrogen and oxygen atoms in total. The maximum Gasteiger partial charge on any atom is 0.255 e. The summed E-state index contributed by atoms with van der Waals surface area (Å²) in [5.41, 5.74) is 2.14. The molecule has 0 saturated heterocycles. The molecule has 5 heteroatoms. The number of alkyl halides is 1. The third-order valence-corrected chi connectivity index (χ3v) is 4.46. The molecule has 1 amide bonds. The number of rotatable bonds is 4. The molecular weight excluding hydrogens is 282 g/mol. The van der Waals surface area contributed by atoms with Crippen molar-refractivity contribution < 1.29 is 4.79 Å². The van der Waals surface area contributed by atoms with E-state index in [4.69, 9.17) is 0 Å². The molecule has 1 aromatic heterocycles. The Hall–Kier alpha value is -0.840. The number of carbonyl (C=O) groups is 1. The largest absolute Gasteiger partial charge is 0.346 e. The van der Waals surface area contributed by atoms with Gasteiger partial charge in [-0.05, 0) is 27.2 Å². The van der Waals surface area contributed by atoms with E-state index >= 15 is 0 Å². The van der Waals surface area contributed by atoms with Crippen molar-refractivity contribution in [3.05, 3.63) is 17.0 Å². The van der Waals surface area contributed by atoms with Gasteiger partial charge in [0, 0.05) is 23.6 Å². The molecule has 1 heterocycles. The van der Waals surface area contributed by atoms with E-state index < -0.39 is 0 Å². The van der Waals surface area contributed by atoms with Crippen LogP contribution in [0.25, 0.3) is 0 Å². The zero-order chi connectivity index (χ0) is 13.2. The SMILES string of the molecule is CCC(C)(CBr)NC(=O)c1c(C)nn(C)c1C. The van der Waals surface area contributed by atoms with Crippen LogP contribution in [0.15, 0.2) is 0 Å². The first kappa shape index (κ1) is 14.2. The first-order valence-electron chi connectivity index (χ1n) is 5.73. The Bertz CT molecular complexity index is 422. The van der Waals surface area contributed by atoms with E-state index in [-0.39, 0.29) is 11.4 Å². The normalized spacial score (nSPS) is 14.5. The van der Waals surface area contributed by atoms with E-state index in [1.165, 1.54) is 0 Å². The van der Waals surface area contributed by atoms with Crippen LogP contribution in [0.3, 0.4) is 0 Å². The minimum atomic E-state index is -0.216. The predicted molar refractivity (Wildman–Crippen MR) is 72.6 cm³/mol. The molecule has 17 heavy (non-hydrogen) atoms. The van der Waals surface area contributed by atoms with E-state index in [9.17, 15) is 4.79 Å². The Balaban J connectivity index is 2.98. The van der Waals surface area contributed by atoms with E-state index in [1.807, 2.05) is 27.8 Å². The van der Waals surface area contributed by atoms with Gasteiger partial charge in [0.1, 0.15) is 0 Å². The number of hydrogen-bond donors (Lipinski definition) is 1. The molecular formula is C12H20BrN3O. The highest BCUT2D eigenvalue weighted by Gasteiger charge is 2.26. The van der Waals surface area contributed by atoms with Gasteiger partial charge in [0.2, 0.25) is 0 Å². The Labute approximate surface area is 111 Å². The van der Waals surface area contributed by atoms with Crippen molar-refractivity contribution in [2.75, 3.05) is 5.33 Å². The fourth-order valence-electron chi connectivity index (χ4n) is 1.66. The summed E-state index contributed by atoms with van der Waals surface area (Å²) in [4.78, 5) is 12.2. The van der Waals surface area contributed by atoms with Crippen molar-refractivity contribution >= 4 is 21.8 Å². The van der Waals surface area contributed by atoms with Crippen LogP contribution >= 0.6 is 15.9 Å². The van der Waals surface area contributed by atoms with Crippen LogP contribution in [-0.2, 0) is 7.05 Å². The number of carbonyl (C=O) groups excluding carboxylic acids is 1. The fraction of sp³-hybridized carbons (Fsp3) is 0.667. The second-order valence-corrected chi connectivity index (χ2v) is 5.23. The van der Waals surface area contributed by atoms with Crippen molar-refractivity contribution in [2.24, 2.45) is 7.05 Å². The summed E-state index contributed by atoms with van der Waals surface area (Å²) in [5, 5.41) is 8.06. The number of nitrogens with zero attached hydrogens (tertiary/aromatic N) is 2. The zero-order valence-corrected chi connectivity index (χ0v) is 12.7. The van der Waals surface area contributed by atoms with Crippen molar-refractivity contribution in [2.45, 2.75) is 39.7 Å². The van der Waals surface area contributed by atoms with E-state index in [2.05, 4.69) is 33.3 Å². The van der Waals surface area contributed by atoms with Gasteiger partial charge in [0.15, 0.2) is 0 Å². The number of amides is 1. The summed E-state index contributed by atoms with van der Waals surface area (Å²) >= 11 is 3.44. The smallest absolute Gasteiger partial charge is 0.255 e. The van der Waals surface area contributed by atoms with E-state index in [0.29, 0.717) is 5.56 Å². The van der Waals surface area contributed by atoms with E-state index in [1.54, 1.807) is 4.68 Å². The summed E-state index contributed by atoms with van der Waals surface area (Å²) in [6.07, 6.45) is 0.877. The average Bonchev–Trinajstić information content (AvgIpc) is 2.53. The lowest BCUT2D eigenvalue weighted by atomic mass is 10.0. The molecule has 1 N–H and O–H groups in total. The van der Waals surface area contributed by atoms with Crippen molar-refractivity contribution in [3.63, 3.8) is 0 Å². The molecule has 96 valence electrons. The minimum absolute atomic E-state index is 0.0445. The summed E-state index contributed by atoms with van der Waals surface area (Å²) in [6.45, 7) is 7.86. The Kier molecular flexibility index (Phi) is 4.36. The minimum Gasteiger partial charge on any atom is -0.346 e. The van der Waals surface area contributed by atoms with Gasteiger partial charge in [0.05, 0.1) is 11.3 Å². The Morgan fingerprint density at radius 3 is 2.47 bits per heavy atom. The lowest BCUT2D eigenvalue weighted by Crippen LogP contribution is -2.47. The first-order valence-corrected chi connectivity index (χ1v) is 6.85. The van der Waals surface area contributed by atoms with Gasteiger partial charge in [-0.1, -0.05) is 22.9 Å². The maximum atomic E-state index is 12.2. The van der Waals surface area contributed by atoms with Crippen molar-refractivity contribution in [1.82, 2.24) is 15.1 Å². The van der Waals surface area contributed by atoms with Gasteiger partial charge in [-0.15, -0.1) is 0 Å². The topological polar surface area (TPSA) is 46.9 Å². The van der Waals surface area contributed by atoms with Crippen molar-refractivity contribution in [3.8, 4) is 0 Å². The van der Waals surface area contributed by atoms with Gasteiger partial charge in [-0.2, -0.15) is 5.10 Å². The number of aromatic nitrogens is 2. The second-order valence-electron chi connectivity index (χ2n) is 4.67. The van der Waals surface area contributed by atoms with Crippen LogP contribution in [0.4, 0.5) is 0 Å². The number of nitrogens with one attached hydrogen (secondary N) is 1. The zero-order valence-electron chi connectivity index (χ0n) is 11.1. The average molecular weight is 302 g/mol. The van der Waals surface area contributed by atoms with Crippen LogP contribution in [0.2, 0.25) is 0 Å². The maximum absolute atomic E-state index is 12.2. The first-order chi connectivity index (χ1) is 7.84. The lowest BCUT2D eigenvalue weighted by molar-refractivity contribution is 0.0912. The molecule has 0 aliphatic carbocycles. The molecule has 0 aromatic carbocycles. The van der Waals surface area contributed by atoms with Crippen LogP contribution in [0.5, 0.6) is 0 Å². The Morgan fingerprint density at radius 2 is 2.12 bits per heavy atom. The van der Waals surface area contributed by atoms with Gasteiger partial charge < -0.3 is 5.32 Å². The fourth-order valence-corrected chi connectivity index (χ4v) is 2.19. The lowest BCUT2D eigenvalue weighted by Gasteiger charge is -2.27. The van der Waals surface area contributed by atoms with Gasteiger partial charge in [0.25, 0.3) is 5.91 Å². The summed E-state index contributed by atoms with van der Waals surface area (Å²) in [5.74, 6) is -0.0445. The molecule has 1 unspecified atom stereocenters. The Morgan fingerprint density at radius 1 is 1.53 bits per heavy atom. The monoisotopic (exact) mass is 301 g/mol. The molecule has 0 radical (unpaired) electrons. The van der Waals surface area contributed by atoms with Gasteiger partial charge in [-0.3, -0.25) is 9.48 Å². The summed E-state index contributed by atoms with van der Waals surface area (Å²) in [6, 6.07) is 0. The summed E-state index contributed by atoms with van der Waals surface area (Å²) < 4.78 is 1.74. The highest BCUT2D eigenvalue weighted by molar-refractivity contribution is 9.09. The third kappa shape index (κ3) is 2.89. The predicted octanol–water partition coefficient (Wildman–Crippen LogP) is 2.33. The number of halogens is 1. The van der Waals surface area contributed by atoms with Crippen molar-refractivity contribution in [1.29, 1.82) is 0 Å². The van der Waals surface area contributed by atoms with Crippen LogP contribution in [0, 0.1) is 13.8 Å². The standard InChI is InChI=1S/C12H20BrN3O/c1-6-12(4,7-13)14-11(17)10-8(2)15-16(5)9(10)3/h6-7H2,1-5H3,(H,14,17). The quantitative estimate of drug-likeness (QED) is 0.868. The molecule has 0 spiro atoms. The highest BCUT2D eigenvalue weighted by atomic mass is 79.9. The van der Waals surface area contributed by atoms with Gasteiger partial charge in [-0.25, -0.2) is 0 Å². The number of aryl methyl sites for hydroxylation is 2.